The predicted octanol–water partition coefficient (Wildman–Crippen LogP) is 4.76. The van der Waals surface area contributed by atoms with E-state index in [-0.39, 0.29) is 5.54 Å². The molecular formula is C16H26BrNO. The van der Waals surface area contributed by atoms with E-state index in [2.05, 4.69) is 68.0 Å². The highest BCUT2D eigenvalue weighted by atomic mass is 79.9. The standard InChI is InChI=1S/C16H26BrNO/c1-12(2)8-9-19-14-6-7-15(17)13(10-14)11-18-16(3,4)5/h6-7,10,12,18H,8-9,11H2,1-5H3. The van der Waals surface area contributed by atoms with Crippen LogP contribution in [0.4, 0.5) is 0 Å². The Morgan fingerprint density at radius 2 is 1.95 bits per heavy atom. The summed E-state index contributed by atoms with van der Waals surface area (Å²) in [7, 11) is 0. The molecule has 0 aliphatic heterocycles. The van der Waals surface area contributed by atoms with Gasteiger partial charge in [0.1, 0.15) is 5.75 Å². The summed E-state index contributed by atoms with van der Waals surface area (Å²) in [5.41, 5.74) is 1.35. The van der Waals surface area contributed by atoms with Crippen molar-refractivity contribution >= 4 is 15.9 Å². The van der Waals surface area contributed by atoms with E-state index < -0.39 is 0 Å². The Kier molecular flexibility index (Phi) is 6.34. The number of halogens is 1. The van der Waals surface area contributed by atoms with Crippen molar-refractivity contribution in [1.29, 1.82) is 0 Å². The second-order valence-electron chi connectivity index (χ2n) is 6.39. The molecule has 1 N–H and O–H groups in total. The first kappa shape index (κ1) is 16.5. The van der Waals surface area contributed by atoms with Crippen LogP contribution in [0.15, 0.2) is 22.7 Å². The quantitative estimate of drug-likeness (QED) is 0.813. The molecule has 0 radical (unpaired) electrons. The van der Waals surface area contributed by atoms with Gasteiger partial charge < -0.3 is 10.1 Å². The molecule has 0 fully saturated rings. The normalized spacial score (nSPS) is 11.9. The summed E-state index contributed by atoms with van der Waals surface area (Å²) in [6, 6.07) is 6.19. The minimum atomic E-state index is 0.119. The highest BCUT2D eigenvalue weighted by Crippen LogP contribution is 2.23. The molecule has 0 amide bonds. The first-order valence-electron chi connectivity index (χ1n) is 6.94. The number of rotatable bonds is 6. The fraction of sp³-hybridized carbons (Fsp3) is 0.625. The van der Waals surface area contributed by atoms with Crippen LogP contribution in [0.2, 0.25) is 0 Å². The third kappa shape index (κ3) is 6.98. The maximum absolute atomic E-state index is 5.80. The summed E-state index contributed by atoms with van der Waals surface area (Å²) >= 11 is 3.59. The van der Waals surface area contributed by atoms with Gasteiger partial charge in [0.05, 0.1) is 6.61 Å². The van der Waals surface area contributed by atoms with Crippen LogP contribution in [0.3, 0.4) is 0 Å². The molecule has 0 aliphatic rings. The van der Waals surface area contributed by atoms with Crippen LogP contribution >= 0.6 is 15.9 Å². The Balaban J connectivity index is 2.61. The van der Waals surface area contributed by atoms with Crippen molar-refractivity contribution < 1.29 is 4.74 Å². The van der Waals surface area contributed by atoms with Crippen molar-refractivity contribution in [3.05, 3.63) is 28.2 Å². The number of benzene rings is 1. The fourth-order valence-electron chi connectivity index (χ4n) is 1.55. The van der Waals surface area contributed by atoms with Gasteiger partial charge in [0.25, 0.3) is 0 Å². The van der Waals surface area contributed by atoms with Gasteiger partial charge in [0.15, 0.2) is 0 Å². The number of ether oxygens (including phenoxy) is 1. The third-order valence-corrected chi connectivity index (χ3v) is 3.56. The lowest BCUT2D eigenvalue weighted by Gasteiger charge is -2.21. The zero-order valence-corrected chi connectivity index (χ0v) is 14.3. The lowest BCUT2D eigenvalue weighted by molar-refractivity contribution is 0.289. The molecule has 0 spiro atoms. The maximum atomic E-state index is 5.80. The Morgan fingerprint density at radius 1 is 1.26 bits per heavy atom. The molecule has 0 unspecified atom stereocenters. The first-order chi connectivity index (χ1) is 8.78. The van der Waals surface area contributed by atoms with Gasteiger partial charge >= 0.3 is 0 Å². The van der Waals surface area contributed by atoms with E-state index in [1.54, 1.807) is 0 Å². The topological polar surface area (TPSA) is 21.3 Å². The fourth-order valence-corrected chi connectivity index (χ4v) is 1.94. The predicted molar refractivity (Wildman–Crippen MR) is 85.7 cm³/mol. The molecule has 0 bridgehead atoms. The van der Waals surface area contributed by atoms with E-state index >= 15 is 0 Å². The first-order valence-corrected chi connectivity index (χ1v) is 7.73. The van der Waals surface area contributed by atoms with E-state index in [1.165, 1.54) is 5.56 Å². The number of nitrogens with one attached hydrogen (secondary N) is 1. The Labute approximate surface area is 126 Å². The summed E-state index contributed by atoms with van der Waals surface area (Å²) in [6.07, 6.45) is 1.09. The van der Waals surface area contributed by atoms with Gasteiger partial charge in [0, 0.05) is 16.6 Å². The zero-order chi connectivity index (χ0) is 14.5. The molecule has 0 saturated carbocycles. The van der Waals surface area contributed by atoms with Crippen molar-refractivity contribution in [2.75, 3.05) is 6.61 Å². The summed E-state index contributed by atoms with van der Waals surface area (Å²) in [6.45, 7) is 12.6. The molecule has 1 aromatic carbocycles. The van der Waals surface area contributed by atoms with Gasteiger partial charge in [-0.3, -0.25) is 0 Å². The molecule has 108 valence electrons. The van der Waals surface area contributed by atoms with Gasteiger partial charge in [0.2, 0.25) is 0 Å². The van der Waals surface area contributed by atoms with E-state index in [4.69, 9.17) is 4.74 Å². The molecular weight excluding hydrogens is 302 g/mol. The molecule has 0 aromatic heterocycles. The second kappa shape index (κ2) is 7.30. The lowest BCUT2D eigenvalue weighted by atomic mass is 10.1. The molecule has 1 aromatic rings. The monoisotopic (exact) mass is 327 g/mol. The molecule has 1 rings (SSSR count). The molecule has 0 heterocycles. The van der Waals surface area contributed by atoms with Crippen LogP contribution in [0.5, 0.6) is 5.75 Å². The van der Waals surface area contributed by atoms with E-state index in [9.17, 15) is 0 Å². The molecule has 0 atom stereocenters. The largest absolute Gasteiger partial charge is 0.494 e. The van der Waals surface area contributed by atoms with Gasteiger partial charge in [-0.1, -0.05) is 29.8 Å². The average Bonchev–Trinajstić information content (AvgIpc) is 2.28. The summed E-state index contributed by atoms with van der Waals surface area (Å²) in [5, 5.41) is 3.49. The van der Waals surface area contributed by atoms with Crippen molar-refractivity contribution in [2.45, 2.75) is 53.1 Å². The third-order valence-electron chi connectivity index (χ3n) is 2.79. The lowest BCUT2D eigenvalue weighted by Crippen LogP contribution is -2.35. The van der Waals surface area contributed by atoms with Crippen LogP contribution in [0.25, 0.3) is 0 Å². The maximum Gasteiger partial charge on any atom is 0.119 e. The van der Waals surface area contributed by atoms with E-state index in [0.29, 0.717) is 5.92 Å². The van der Waals surface area contributed by atoms with Crippen LogP contribution in [-0.4, -0.2) is 12.1 Å². The molecule has 19 heavy (non-hydrogen) atoms. The molecule has 2 nitrogen and oxygen atoms in total. The van der Waals surface area contributed by atoms with E-state index in [1.807, 2.05) is 6.07 Å². The van der Waals surface area contributed by atoms with Crippen LogP contribution in [-0.2, 0) is 6.54 Å². The number of hydrogen-bond donors (Lipinski definition) is 1. The summed E-state index contributed by atoms with van der Waals surface area (Å²) < 4.78 is 6.92. The van der Waals surface area contributed by atoms with Gasteiger partial charge in [-0.15, -0.1) is 0 Å². The Bertz CT molecular complexity index is 396. The molecule has 0 aliphatic carbocycles. The van der Waals surface area contributed by atoms with Crippen LogP contribution in [0.1, 0.15) is 46.6 Å². The Hall–Kier alpha value is -0.540. The van der Waals surface area contributed by atoms with Crippen LogP contribution in [0, 0.1) is 5.92 Å². The van der Waals surface area contributed by atoms with Gasteiger partial charge in [-0.25, -0.2) is 0 Å². The van der Waals surface area contributed by atoms with Crippen molar-refractivity contribution in [3.63, 3.8) is 0 Å². The van der Waals surface area contributed by atoms with Gasteiger partial charge in [-0.05, 0) is 56.9 Å². The SMILES string of the molecule is CC(C)CCOc1ccc(Br)c(CNC(C)(C)C)c1. The zero-order valence-electron chi connectivity index (χ0n) is 12.7. The van der Waals surface area contributed by atoms with Gasteiger partial charge in [-0.2, -0.15) is 0 Å². The smallest absolute Gasteiger partial charge is 0.119 e. The highest BCUT2D eigenvalue weighted by molar-refractivity contribution is 9.10. The van der Waals surface area contributed by atoms with Crippen LogP contribution < -0.4 is 10.1 Å². The van der Waals surface area contributed by atoms with Crippen molar-refractivity contribution in [1.82, 2.24) is 5.32 Å². The Morgan fingerprint density at radius 3 is 2.53 bits per heavy atom. The summed E-state index contributed by atoms with van der Waals surface area (Å²) in [5.74, 6) is 1.63. The molecule has 0 saturated heterocycles. The van der Waals surface area contributed by atoms with Crippen molar-refractivity contribution in [3.8, 4) is 5.75 Å². The van der Waals surface area contributed by atoms with E-state index in [0.717, 1.165) is 29.8 Å². The minimum Gasteiger partial charge on any atom is -0.494 e. The highest BCUT2D eigenvalue weighted by Gasteiger charge is 2.10. The summed E-state index contributed by atoms with van der Waals surface area (Å²) in [4.78, 5) is 0. The second-order valence-corrected chi connectivity index (χ2v) is 7.24. The average molecular weight is 328 g/mol. The van der Waals surface area contributed by atoms with Crippen molar-refractivity contribution in [2.24, 2.45) is 5.92 Å². The number of hydrogen-bond acceptors (Lipinski definition) is 2. The molecule has 3 heteroatoms. The minimum absolute atomic E-state index is 0.119.